The zero-order valence-corrected chi connectivity index (χ0v) is 19.9. The molecule has 7 nitrogen and oxygen atoms in total. The predicted octanol–water partition coefficient (Wildman–Crippen LogP) is 5.47. The molecule has 2 aromatic carbocycles. The van der Waals surface area contributed by atoms with Crippen LogP contribution in [-0.2, 0) is 16.0 Å². The van der Waals surface area contributed by atoms with Crippen LogP contribution in [-0.4, -0.2) is 41.4 Å². The first-order chi connectivity index (χ1) is 15.9. The number of carbonyl (C=O) groups is 2. The van der Waals surface area contributed by atoms with Gasteiger partial charge in [0.25, 0.3) is 5.91 Å². The molecule has 0 saturated carbocycles. The van der Waals surface area contributed by atoms with E-state index in [2.05, 4.69) is 10.3 Å². The van der Waals surface area contributed by atoms with E-state index in [9.17, 15) is 9.59 Å². The second kappa shape index (κ2) is 11.7. The average molecular weight is 490 g/mol. The molecule has 33 heavy (non-hydrogen) atoms. The van der Waals surface area contributed by atoms with Crippen LogP contribution < -0.4 is 10.1 Å². The number of aryl methyl sites for hydroxylation is 1. The van der Waals surface area contributed by atoms with E-state index in [1.165, 1.54) is 0 Å². The number of halogens is 2. The van der Waals surface area contributed by atoms with Crippen molar-refractivity contribution in [3.8, 4) is 17.1 Å². The normalized spacial score (nSPS) is 10.7. The van der Waals surface area contributed by atoms with Gasteiger partial charge in [0.05, 0.1) is 16.2 Å². The Balaban J connectivity index is 1.51. The maximum atomic E-state index is 12.3. The fourth-order valence-electron chi connectivity index (χ4n) is 3.16. The van der Waals surface area contributed by atoms with Gasteiger partial charge in [0.1, 0.15) is 5.75 Å². The Bertz CT molecular complexity index is 1110. The average Bonchev–Trinajstić information content (AvgIpc) is 3.27. The number of nitrogens with one attached hydrogen (secondary N) is 1. The van der Waals surface area contributed by atoms with Crippen molar-refractivity contribution in [2.24, 2.45) is 0 Å². The molecule has 0 bridgehead atoms. The lowest BCUT2D eigenvalue weighted by molar-refractivity contribution is -0.133. The van der Waals surface area contributed by atoms with Gasteiger partial charge in [-0.3, -0.25) is 9.59 Å². The summed E-state index contributed by atoms with van der Waals surface area (Å²) in [4.78, 5) is 30.3. The number of carbonyl (C=O) groups excluding carboxylic acids is 2. The molecule has 174 valence electrons. The van der Waals surface area contributed by atoms with E-state index in [1.54, 1.807) is 35.4 Å². The Morgan fingerprint density at radius 3 is 2.55 bits per heavy atom. The van der Waals surface area contributed by atoms with Crippen LogP contribution >= 0.6 is 23.2 Å². The van der Waals surface area contributed by atoms with E-state index in [1.807, 2.05) is 32.0 Å². The second-order valence-corrected chi connectivity index (χ2v) is 7.96. The topological polar surface area (TPSA) is 84.7 Å². The molecule has 0 saturated heterocycles. The third-order valence-corrected chi connectivity index (χ3v) is 5.57. The fourth-order valence-corrected chi connectivity index (χ4v) is 3.62. The molecule has 0 fully saturated rings. The summed E-state index contributed by atoms with van der Waals surface area (Å²) in [6.07, 6.45) is 2.10. The summed E-state index contributed by atoms with van der Waals surface area (Å²) in [6, 6.07) is 12.2. The third kappa shape index (κ3) is 6.73. The highest BCUT2D eigenvalue weighted by atomic mass is 35.5. The van der Waals surface area contributed by atoms with Crippen LogP contribution in [0.15, 0.2) is 53.1 Å². The SMILES string of the molecule is CCN(CC)C(=O)COc1ccc(NC(=O)CCc2ncc(-c3ccccc3Cl)o2)cc1Cl. The molecule has 0 unspecified atom stereocenters. The lowest BCUT2D eigenvalue weighted by atomic mass is 10.2. The molecular weight excluding hydrogens is 465 g/mol. The van der Waals surface area contributed by atoms with Crippen LogP contribution in [0.1, 0.15) is 26.2 Å². The summed E-state index contributed by atoms with van der Waals surface area (Å²) in [5, 5.41) is 3.66. The van der Waals surface area contributed by atoms with E-state index < -0.39 is 0 Å². The van der Waals surface area contributed by atoms with Crippen LogP contribution in [0.3, 0.4) is 0 Å². The van der Waals surface area contributed by atoms with E-state index >= 15 is 0 Å². The van der Waals surface area contributed by atoms with E-state index in [-0.39, 0.29) is 24.8 Å². The molecule has 0 spiro atoms. The quantitative estimate of drug-likeness (QED) is 0.408. The number of oxazole rings is 1. The molecule has 1 aromatic heterocycles. The number of ether oxygens (including phenoxy) is 1. The fraction of sp³-hybridized carbons (Fsp3) is 0.292. The summed E-state index contributed by atoms with van der Waals surface area (Å²) < 4.78 is 11.3. The Morgan fingerprint density at radius 2 is 1.85 bits per heavy atom. The first-order valence-electron chi connectivity index (χ1n) is 10.6. The van der Waals surface area contributed by atoms with Gasteiger partial charge >= 0.3 is 0 Å². The highest BCUT2D eigenvalue weighted by Crippen LogP contribution is 2.29. The molecule has 9 heteroatoms. The third-order valence-electron chi connectivity index (χ3n) is 4.94. The number of hydrogen-bond acceptors (Lipinski definition) is 5. The van der Waals surface area contributed by atoms with Crippen LogP contribution in [0.5, 0.6) is 5.75 Å². The zero-order valence-electron chi connectivity index (χ0n) is 18.4. The smallest absolute Gasteiger partial charge is 0.260 e. The van der Waals surface area contributed by atoms with Gasteiger partial charge < -0.3 is 19.4 Å². The largest absolute Gasteiger partial charge is 0.482 e. The van der Waals surface area contributed by atoms with Crippen molar-refractivity contribution in [3.05, 3.63) is 64.6 Å². The zero-order chi connectivity index (χ0) is 23.8. The molecule has 0 aliphatic heterocycles. The molecule has 0 atom stereocenters. The minimum atomic E-state index is -0.214. The van der Waals surface area contributed by atoms with Gasteiger partial charge in [-0.1, -0.05) is 35.3 Å². The highest BCUT2D eigenvalue weighted by Gasteiger charge is 2.14. The molecule has 1 heterocycles. The lowest BCUT2D eigenvalue weighted by Crippen LogP contribution is -2.34. The van der Waals surface area contributed by atoms with Gasteiger partial charge in [0.2, 0.25) is 5.91 Å². The molecule has 0 radical (unpaired) electrons. The Hall–Kier alpha value is -3.03. The van der Waals surface area contributed by atoms with E-state index in [0.717, 1.165) is 5.56 Å². The highest BCUT2D eigenvalue weighted by molar-refractivity contribution is 6.33. The number of likely N-dealkylation sites (N-methyl/N-ethyl adjacent to an activating group) is 1. The molecular formula is C24H25Cl2N3O4. The Morgan fingerprint density at radius 1 is 1.09 bits per heavy atom. The van der Waals surface area contributed by atoms with E-state index in [0.29, 0.717) is 52.6 Å². The number of hydrogen-bond donors (Lipinski definition) is 1. The predicted molar refractivity (Wildman–Crippen MR) is 129 cm³/mol. The van der Waals surface area contributed by atoms with Gasteiger partial charge in [-0.2, -0.15) is 0 Å². The Kier molecular flexibility index (Phi) is 8.74. The van der Waals surface area contributed by atoms with Crippen molar-refractivity contribution in [3.63, 3.8) is 0 Å². The summed E-state index contributed by atoms with van der Waals surface area (Å²) in [7, 11) is 0. The number of aromatic nitrogens is 1. The minimum absolute atomic E-state index is 0.0978. The number of anilines is 1. The number of amides is 2. The van der Waals surface area contributed by atoms with Crippen molar-refractivity contribution in [2.45, 2.75) is 26.7 Å². The van der Waals surface area contributed by atoms with Crippen LogP contribution in [0, 0.1) is 0 Å². The van der Waals surface area contributed by atoms with Gasteiger partial charge in [0, 0.05) is 37.2 Å². The summed E-state index contributed by atoms with van der Waals surface area (Å²) in [5.41, 5.74) is 1.27. The number of benzene rings is 2. The van der Waals surface area contributed by atoms with Crippen LogP contribution in [0.25, 0.3) is 11.3 Å². The summed E-state index contributed by atoms with van der Waals surface area (Å²) in [6.45, 7) is 4.95. The minimum Gasteiger partial charge on any atom is -0.482 e. The van der Waals surface area contributed by atoms with Gasteiger partial charge in [-0.25, -0.2) is 4.98 Å². The lowest BCUT2D eigenvalue weighted by Gasteiger charge is -2.19. The molecule has 0 aliphatic carbocycles. The van der Waals surface area contributed by atoms with Crippen LogP contribution in [0.4, 0.5) is 5.69 Å². The van der Waals surface area contributed by atoms with Gasteiger partial charge in [-0.05, 0) is 44.2 Å². The monoisotopic (exact) mass is 489 g/mol. The molecule has 2 amide bonds. The standard InChI is InChI=1S/C24H25Cl2N3O4/c1-3-29(4-2)24(31)15-32-20-10-9-16(13-19(20)26)28-22(30)11-12-23-27-14-21(33-23)17-7-5-6-8-18(17)25/h5-10,13-14H,3-4,11-12,15H2,1-2H3,(H,28,30). The number of rotatable bonds is 10. The summed E-state index contributed by atoms with van der Waals surface area (Å²) >= 11 is 12.4. The van der Waals surface area contributed by atoms with Crippen molar-refractivity contribution in [1.29, 1.82) is 0 Å². The first-order valence-corrected chi connectivity index (χ1v) is 11.4. The van der Waals surface area contributed by atoms with Gasteiger partial charge in [-0.15, -0.1) is 0 Å². The second-order valence-electron chi connectivity index (χ2n) is 7.15. The van der Waals surface area contributed by atoms with Crippen molar-refractivity contribution >= 4 is 40.7 Å². The van der Waals surface area contributed by atoms with E-state index in [4.69, 9.17) is 32.4 Å². The molecule has 0 aliphatic rings. The summed E-state index contributed by atoms with van der Waals surface area (Å²) in [5.74, 6) is 1.05. The van der Waals surface area contributed by atoms with Gasteiger partial charge in [0.15, 0.2) is 18.3 Å². The Labute approximate surface area is 202 Å². The maximum absolute atomic E-state index is 12.3. The van der Waals surface area contributed by atoms with Crippen LogP contribution in [0.2, 0.25) is 10.0 Å². The first kappa shape index (κ1) is 24.6. The molecule has 1 N–H and O–H groups in total. The number of nitrogens with zero attached hydrogens (tertiary/aromatic N) is 2. The molecule has 3 aromatic rings. The van der Waals surface area contributed by atoms with Crippen molar-refractivity contribution in [1.82, 2.24) is 9.88 Å². The van der Waals surface area contributed by atoms with Crippen molar-refractivity contribution < 1.29 is 18.7 Å². The maximum Gasteiger partial charge on any atom is 0.260 e. The molecule has 3 rings (SSSR count). The van der Waals surface area contributed by atoms with Crippen molar-refractivity contribution in [2.75, 3.05) is 25.0 Å².